The quantitative estimate of drug-likeness (QED) is 0.854. The number of fused-ring (bicyclic) bond motifs is 1. The fraction of sp³-hybridized carbons (Fsp3) is 0.750. The molecule has 0 unspecified atom stereocenters. The number of hydrogen-bond donors (Lipinski definition) is 0. The van der Waals surface area contributed by atoms with Crippen molar-refractivity contribution in [1.82, 2.24) is 15.0 Å². The van der Waals surface area contributed by atoms with Gasteiger partial charge in [0, 0.05) is 38.2 Å². The minimum absolute atomic E-state index is 0.307. The second-order valence-corrected chi connectivity index (χ2v) is 6.50. The van der Waals surface area contributed by atoms with Crippen molar-refractivity contribution >= 4 is 5.91 Å². The summed E-state index contributed by atoms with van der Waals surface area (Å²) in [5.41, 5.74) is 2.23. The molecule has 0 spiro atoms. The highest BCUT2D eigenvalue weighted by molar-refractivity contribution is 5.76. The van der Waals surface area contributed by atoms with Crippen molar-refractivity contribution in [3.8, 4) is 0 Å². The number of nitrogens with zero attached hydrogens (tertiary/aromatic N) is 3. The summed E-state index contributed by atoms with van der Waals surface area (Å²) in [6.07, 6.45) is 1.82. The average molecular weight is 291 g/mol. The molecule has 0 aliphatic carbocycles. The fourth-order valence-electron chi connectivity index (χ4n) is 3.77. The second-order valence-electron chi connectivity index (χ2n) is 6.50. The maximum absolute atomic E-state index is 11.9. The molecule has 2 saturated heterocycles. The van der Waals surface area contributed by atoms with Crippen molar-refractivity contribution in [2.75, 3.05) is 26.2 Å². The molecule has 2 aliphatic heterocycles. The van der Waals surface area contributed by atoms with Crippen molar-refractivity contribution in [2.24, 2.45) is 11.8 Å². The van der Waals surface area contributed by atoms with E-state index in [2.05, 4.69) is 15.0 Å². The molecule has 116 valence electrons. The Kier molecular flexibility index (Phi) is 4.02. The van der Waals surface area contributed by atoms with Gasteiger partial charge in [-0.1, -0.05) is 12.1 Å². The van der Waals surface area contributed by atoms with Crippen LogP contribution in [0.25, 0.3) is 0 Å². The maximum atomic E-state index is 11.9. The summed E-state index contributed by atoms with van der Waals surface area (Å²) >= 11 is 0. The zero-order valence-corrected chi connectivity index (χ0v) is 13.3. The first-order valence-corrected chi connectivity index (χ1v) is 8.00. The third-order valence-corrected chi connectivity index (χ3v) is 5.10. The van der Waals surface area contributed by atoms with Gasteiger partial charge in [0.2, 0.25) is 5.91 Å². The molecule has 0 radical (unpaired) electrons. The molecule has 0 saturated carbocycles. The van der Waals surface area contributed by atoms with Gasteiger partial charge < -0.3 is 9.42 Å². The molecule has 1 aromatic heterocycles. The lowest BCUT2D eigenvalue weighted by Gasteiger charge is -2.34. The second kappa shape index (κ2) is 5.79. The van der Waals surface area contributed by atoms with Crippen LogP contribution in [0.15, 0.2) is 4.52 Å². The van der Waals surface area contributed by atoms with E-state index in [1.807, 2.05) is 20.8 Å². The Morgan fingerprint density at radius 2 is 2.05 bits per heavy atom. The van der Waals surface area contributed by atoms with E-state index in [0.29, 0.717) is 24.2 Å². The number of carbonyl (C=O) groups is 1. The van der Waals surface area contributed by atoms with Gasteiger partial charge in [-0.25, -0.2) is 0 Å². The van der Waals surface area contributed by atoms with Gasteiger partial charge in [-0.3, -0.25) is 9.69 Å². The van der Waals surface area contributed by atoms with Crippen LogP contribution in [0.5, 0.6) is 0 Å². The Bertz CT molecular complexity index is 506. The van der Waals surface area contributed by atoms with E-state index >= 15 is 0 Å². The summed E-state index contributed by atoms with van der Waals surface area (Å²) in [5.74, 6) is 2.57. The Hall–Kier alpha value is -1.36. The van der Waals surface area contributed by atoms with Gasteiger partial charge >= 0.3 is 0 Å². The van der Waals surface area contributed by atoms with Gasteiger partial charge in [-0.2, -0.15) is 0 Å². The molecule has 3 heterocycles. The number of hydrogen-bond acceptors (Lipinski definition) is 4. The highest BCUT2D eigenvalue weighted by Crippen LogP contribution is 2.32. The summed E-state index contributed by atoms with van der Waals surface area (Å²) in [7, 11) is 0. The van der Waals surface area contributed by atoms with E-state index in [1.54, 1.807) is 0 Å². The lowest BCUT2D eigenvalue weighted by Crippen LogP contribution is -2.39. The first-order valence-electron chi connectivity index (χ1n) is 8.00. The highest BCUT2D eigenvalue weighted by atomic mass is 16.5. The molecule has 5 nitrogen and oxygen atoms in total. The molecule has 2 aliphatic rings. The number of aryl methyl sites for hydroxylation is 2. The van der Waals surface area contributed by atoms with Crippen LogP contribution >= 0.6 is 0 Å². The molecule has 0 bridgehead atoms. The largest absolute Gasteiger partial charge is 0.361 e. The van der Waals surface area contributed by atoms with Crippen LogP contribution in [0, 0.1) is 25.7 Å². The molecule has 2 fully saturated rings. The fourth-order valence-corrected chi connectivity index (χ4v) is 3.77. The Balaban J connectivity index is 1.61. The van der Waals surface area contributed by atoms with E-state index in [4.69, 9.17) is 4.52 Å². The van der Waals surface area contributed by atoms with Crippen LogP contribution in [0.2, 0.25) is 0 Å². The monoisotopic (exact) mass is 291 g/mol. The van der Waals surface area contributed by atoms with Gasteiger partial charge in [0.25, 0.3) is 0 Å². The first-order chi connectivity index (χ1) is 10.1. The minimum atomic E-state index is 0.307. The number of amides is 1. The summed E-state index contributed by atoms with van der Waals surface area (Å²) < 4.78 is 5.26. The maximum Gasteiger partial charge on any atom is 0.222 e. The summed E-state index contributed by atoms with van der Waals surface area (Å²) in [6, 6.07) is 0. The normalized spacial score (nSPS) is 26.1. The van der Waals surface area contributed by atoms with E-state index in [0.717, 1.165) is 44.2 Å². The lowest BCUT2D eigenvalue weighted by atomic mass is 9.88. The SMILES string of the molecule is CCC(=O)N1C[C@H]2CCN(Cc3c(C)noc3C)C[C@H]2C1. The topological polar surface area (TPSA) is 49.6 Å². The van der Waals surface area contributed by atoms with Gasteiger partial charge in [0.05, 0.1) is 5.69 Å². The number of piperidine rings is 1. The summed E-state index contributed by atoms with van der Waals surface area (Å²) in [5, 5.41) is 4.04. The van der Waals surface area contributed by atoms with E-state index in [9.17, 15) is 4.79 Å². The molecular weight excluding hydrogens is 266 g/mol. The third kappa shape index (κ3) is 2.84. The zero-order chi connectivity index (χ0) is 15.0. The third-order valence-electron chi connectivity index (χ3n) is 5.10. The van der Waals surface area contributed by atoms with Gasteiger partial charge in [-0.05, 0) is 38.6 Å². The van der Waals surface area contributed by atoms with Gasteiger partial charge in [0.15, 0.2) is 0 Å². The molecule has 1 aromatic rings. The van der Waals surface area contributed by atoms with Crippen LogP contribution in [0.4, 0.5) is 0 Å². The van der Waals surface area contributed by atoms with Crippen molar-refractivity contribution in [3.05, 3.63) is 17.0 Å². The Morgan fingerprint density at radius 3 is 2.71 bits per heavy atom. The van der Waals surface area contributed by atoms with Gasteiger partial charge in [-0.15, -0.1) is 0 Å². The van der Waals surface area contributed by atoms with E-state index < -0.39 is 0 Å². The number of likely N-dealkylation sites (tertiary alicyclic amines) is 2. The zero-order valence-electron chi connectivity index (χ0n) is 13.3. The first kappa shape index (κ1) is 14.6. The molecule has 1 amide bonds. The molecule has 0 aromatic carbocycles. The highest BCUT2D eigenvalue weighted by Gasteiger charge is 2.38. The molecule has 0 N–H and O–H groups in total. The molecular formula is C16H25N3O2. The van der Waals surface area contributed by atoms with Crippen molar-refractivity contribution in [3.63, 3.8) is 0 Å². The standard InChI is InChI=1S/C16H25N3O2/c1-4-16(20)19-8-13-5-6-18(7-14(13)9-19)10-15-11(2)17-21-12(15)3/h13-14H,4-10H2,1-3H3/t13-,14+/m1/s1. The van der Waals surface area contributed by atoms with E-state index in [1.165, 1.54) is 12.0 Å². The Morgan fingerprint density at radius 1 is 1.29 bits per heavy atom. The molecule has 5 heteroatoms. The molecule has 3 rings (SSSR count). The summed E-state index contributed by atoms with van der Waals surface area (Å²) in [6.45, 7) is 11.0. The predicted octanol–water partition coefficient (Wildman–Crippen LogP) is 1.98. The lowest BCUT2D eigenvalue weighted by molar-refractivity contribution is -0.130. The van der Waals surface area contributed by atoms with Crippen LogP contribution in [0.3, 0.4) is 0 Å². The average Bonchev–Trinajstić information content (AvgIpc) is 3.04. The predicted molar refractivity (Wildman–Crippen MR) is 79.7 cm³/mol. The Labute approximate surface area is 126 Å². The number of carbonyl (C=O) groups excluding carboxylic acids is 1. The van der Waals surface area contributed by atoms with Crippen molar-refractivity contribution < 1.29 is 9.32 Å². The summed E-state index contributed by atoms with van der Waals surface area (Å²) in [4.78, 5) is 16.4. The molecule has 21 heavy (non-hydrogen) atoms. The van der Waals surface area contributed by atoms with Gasteiger partial charge in [0.1, 0.15) is 5.76 Å². The van der Waals surface area contributed by atoms with Crippen LogP contribution < -0.4 is 0 Å². The van der Waals surface area contributed by atoms with Crippen molar-refractivity contribution in [2.45, 2.75) is 40.2 Å². The number of aromatic nitrogens is 1. The van der Waals surface area contributed by atoms with E-state index in [-0.39, 0.29) is 0 Å². The minimum Gasteiger partial charge on any atom is -0.361 e. The van der Waals surface area contributed by atoms with Crippen LogP contribution in [0.1, 0.15) is 36.8 Å². The van der Waals surface area contributed by atoms with Crippen LogP contribution in [-0.2, 0) is 11.3 Å². The molecule has 2 atom stereocenters. The van der Waals surface area contributed by atoms with Crippen molar-refractivity contribution in [1.29, 1.82) is 0 Å². The number of rotatable bonds is 3. The van der Waals surface area contributed by atoms with Crippen LogP contribution in [-0.4, -0.2) is 47.0 Å². The smallest absolute Gasteiger partial charge is 0.222 e.